The third-order valence-corrected chi connectivity index (χ3v) is 3.63. The topological polar surface area (TPSA) is 45.5 Å². The molecule has 0 aliphatic rings. The number of benzene rings is 1. The van der Waals surface area contributed by atoms with Crippen molar-refractivity contribution in [2.75, 3.05) is 13.1 Å². The lowest BCUT2D eigenvalue weighted by molar-refractivity contribution is 0.283. The summed E-state index contributed by atoms with van der Waals surface area (Å²) in [7, 11) is 0. The molecule has 0 fully saturated rings. The van der Waals surface area contributed by atoms with Crippen LogP contribution in [0.15, 0.2) is 47.4 Å². The zero-order chi connectivity index (χ0) is 15.9. The van der Waals surface area contributed by atoms with Crippen molar-refractivity contribution in [1.82, 2.24) is 9.47 Å². The Bertz CT molecular complexity index is 714. The Morgan fingerprint density at radius 1 is 1.27 bits per heavy atom. The van der Waals surface area contributed by atoms with Crippen molar-refractivity contribution in [2.45, 2.75) is 20.0 Å². The number of terminal acetylenes is 1. The summed E-state index contributed by atoms with van der Waals surface area (Å²) in [5, 5.41) is 9.71. The zero-order valence-electron chi connectivity index (χ0n) is 12.7. The Morgan fingerprint density at radius 2 is 2.00 bits per heavy atom. The van der Waals surface area contributed by atoms with Crippen molar-refractivity contribution in [3.63, 3.8) is 0 Å². The van der Waals surface area contributed by atoms with Crippen molar-refractivity contribution in [3.05, 3.63) is 64.1 Å². The molecule has 0 radical (unpaired) electrons. The molecule has 114 valence electrons. The van der Waals surface area contributed by atoms with E-state index in [2.05, 4.69) is 23.0 Å². The summed E-state index contributed by atoms with van der Waals surface area (Å²) in [6, 6.07) is 11.5. The number of hydrogen-bond acceptors (Lipinski definition) is 3. The third-order valence-electron chi connectivity index (χ3n) is 3.63. The van der Waals surface area contributed by atoms with Gasteiger partial charge in [-0.15, -0.1) is 6.42 Å². The lowest BCUT2D eigenvalue weighted by Crippen LogP contribution is -2.28. The molecule has 2 rings (SSSR count). The fourth-order valence-electron chi connectivity index (χ4n) is 2.34. The van der Waals surface area contributed by atoms with Crippen LogP contribution in [0.2, 0.25) is 0 Å². The highest BCUT2D eigenvalue weighted by Crippen LogP contribution is 2.10. The molecule has 0 bridgehead atoms. The van der Waals surface area contributed by atoms with Crippen LogP contribution in [0.5, 0.6) is 5.75 Å². The summed E-state index contributed by atoms with van der Waals surface area (Å²) in [5.41, 5.74) is 1.43. The molecule has 22 heavy (non-hydrogen) atoms. The van der Waals surface area contributed by atoms with Crippen LogP contribution in [0.4, 0.5) is 0 Å². The average Bonchev–Trinajstić information content (AvgIpc) is 2.53. The van der Waals surface area contributed by atoms with Crippen molar-refractivity contribution < 1.29 is 5.11 Å². The van der Waals surface area contributed by atoms with Crippen LogP contribution >= 0.6 is 0 Å². The number of hydrogen-bond donors (Lipinski definition) is 1. The van der Waals surface area contributed by atoms with Gasteiger partial charge in [0.25, 0.3) is 0 Å². The highest BCUT2D eigenvalue weighted by atomic mass is 16.3. The molecule has 1 aromatic heterocycles. The summed E-state index contributed by atoms with van der Waals surface area (Å²) in [5.74, 6) is 2.49. The standard InChI is InChI=1S/C18H20N2O2/c1-3-10-19(14-16-7-5-4-6-8-16)12-13-20-11-9-17(21)18(22)15(20)2/h1,4-9,11,22H,10,12-14H2,2H3. The van der Waals surface area contributed by atoms with Crippen LogP contribution in [-0.2, 0) is 13.1 Å². The van der Waals surface area contributed by atoms with Crippen molar-refractivity contribution in [1.29, 1.82) is 0 Å². The minimum atomic E-state index is -0.349. The Balaban J connectivity index is 2.05. The quantitative estimate of drug-likeness (QED) is 0.829. The largest absolute Gasteiger partial charge is 0.503 e. The zero-order valence-corrected chi connectivity index (χ0v) is 12.7. The highest BCUT2D eigenvalue weighted by molar-refractivity contribution is 5.25. The fourth-order valence-corrected chi connectivity index (χ4v) is 2.34. The molecule has 2 aromatic rings. The molecule has 0 amide bonds. The van der Waals surface area contributed by atoms with Gasteiger partial charge in [0.1, 0.15) is 0 Å². The van der Waals surface area contributed by atoms with Gasteiger partial charge in [-0.05, 0) is 12.5 Å². The molecule has 0 saturated carbocycles. The Labute approximate surface area is 130 Å². The maximum atomic E-state index is 11.4. The van der Waals surface area contributed by atoms with Crippen LogP contribution in [0, 0.1) is 19.3 Å². The van der Waals surface area contributed by atoms with Gasteiger partial charge in [0.15, 0.2) is 5.75 Å². The highest BCUT2D eigenvalue weighted by Gasteiger charge is 2.08. The van der Waals surface area contributed by atoms with E-state index in [-0.39, 0.29) is 11.2 Å². The molecule has 0 unspecified atom stereocenters. The molecule has 0 aliphatic carbocycles. The van der Waals surface area contributed by atoms with Crippen molar-refractivity contribution in [3.8, 4) is 18.1 Å². The lowest BCUT2D eigenvalue weighted by Gasteiger charge is -2.21. The lowest BCUT2D eigenvalue weighted by atomic mass is 10.2. The van der Waals surface area contributed by atoms with Gasteiger partial charge in [-0.1, -0.05) is 36.3 Å². The molecule has 0 saturated heterocycles. The monoisotopic (exact) mass is 296 g/mol. The summed E-state index contributed by atoms with van der Waals surface area (Å²) in [4.78, 5) is 13.5. The van der Waals surface area contributed by atoms with E-state index >= 15 is 0 Å². The molecule has 1 heterocycles. The van der Waals surface area contributed by atoms with E-state index in [0.717, 1.165) is 13.1 Å². The fraction of sp³-hybridized carbons (Fsp3) is 0.278. The predicted octanol–water partition coefficient (Wildman–Crippen LogP) is 2.00. The first kappa shape index (κ1) is 15.9. The summed E-state index contributed by atoms with van der Waals surface area (Å²) in [6.07, 6.45) is 7.15. The minimum absolute atomic E-state index is 0.186. The Kier molecular flexibility index (Phi) is 5.40. The number of pyridine rings is 1. The number of aromatic hydroxyl groups is 1. The number of nitrogens with zero attached hydrogens (tertiary/aromatic N) is 2. The molecule has 4 heteroatoms. The second kappa shape index (κ2) is 7.48. The SMILES string of the molecule is C#CCN(CCn1ccc(=O)c(O)c1C)Cc1ccccc1. The number of rotatable bonds is 6. The summed E-state index contributed by atoms with van der Waals surface area (Å²) >= 11 is 0. The molecule has 1 aromatic carbocycles. The van der Waals surface area contributed by atoms with Crippen LogP contribution in [0.1, 0.15) is 11.3 Å². The van der Waals surface area contributed by atoms with Gasteiger partial charge in [0.2, 0.25) is 5.43 Å². The van der Waals surface area contributed by atoms with Gasteiger partial charge in [0, 0.05) is 31.9 Å². The van der Waals surface area contributed by atoms with Crippen LogP contribution in [-0.4, -0.2) is 27.7 Å². The molecular formula is C18H20N2O2. The molecule has 4 nitrogen and oxygen atoms in total. The van der Waals surface area contributed by atoms with Crippen molar-refractivity contribution >= 4 is 0 Å². The van der Waals surface area contributed by atoms with E-state index in [9.17, 15) is 9.90 Å². The Morgan fingerprint density at radius 3 is 2.68 bits per heavy atom. The first-order valence-corrected chi connectivity index (χ1v) is 7.20. The van der Waals surface area contributed by atoms with Gasteiger partial charge in [-0.25, -0.2) is 0 Å². The molecular weight excluding hydrogens is 276 g/mol. The van der Waals surface area contributed by atoms with E-state index in [1.807, 2.05) is 22.8 Å². The first-order chi connectivity index (χ1) is 10.6. The first-order valence-electron chi connectivity index (χ1n) is 7.20. The normalized spacial score (nSPS) is 10.6. The number of aromatic nitrogens is 1. The van der Waals surface area contributed by atoms with Crippen LogP contribution in [0.25, 0.3) is 0 Å². The van der Waals surface area contributed by atoms with Crippen LogP contribution < -0.4 is 5.43 Å². The molecule has 0 spiro atoms. The average molecular weight is 296 g/mol. The summed E-state index contributed by atoms with van der Waals surface area (Å²) in [6.45, 7) is 4.46. The van der Waals surface area contributed by atoms with Gasteiger partial charge >= 0.3 is 0 Å². The molecule has 0 atom stereocenters. The maximum absolute atomic E-state index is 11.4. The maximum Gasteiger partial charge on any atom is 0.223 e. The van der Waals surface area contributed by atoms with Crippen LogP contribution in [0.3, 0.4) is 0 Å². The van der Waals surface area contributed by atoms with E-state index < -0.39 is 0 Å². The van der Waals surface area contributed by atoms with Gasteiger partial charge in [-0.2, -0.15) is 0 Å². The smallest absolute Gasteiger partial charge is 0.223 e. The van der Waals surface area contributed by atoms with Gasteiger partial charge < -0.3 is 9.67 Å². The second-order valence-electron chi connectivity index (χ2n) is 5.21. The van der Waals surface area contributed by atoms with E-state index in [1.165, 1.54) is 11.6 Å². The van der Waals surface area contributed by atoms with E-state index in [4.69, 9.17) is 6.42 Å². The second-order valence-corrected chi connectivity index (χ2v) is 5.21. The summed E-state index contributed by atoms with van der Waals surface area (Å²) < 4.78 is 1.87. The van der Waals surface area contributed by atoms with Gasteiger partial charge in [-0.3, -0.25) is 9.69 Å². The van der Waals surface area contributed by atoms with Gasteiger partial charge in [0.05, 0.1) is 12.2 Å². The minimum Gasteiger partial charge on any atom is -0.503 e. The van der Waals surface area contributed by atoms with E-state index in [0.29, 0.717) is 18.8 Å². The molecule has 1 N–H and O–H groups in total. The Hall–Kier alpha value is -2.51. The van der Waals surface area contributed by atoms with E-state index in [1.54, 1.807) is 13.1 Å². The molecule has 0 aliphatic heterocycles. The van der Waals surface area contributed by atoms with Crippen molar-refractivity contribution in [2.24, 2.45) is 0 Å². The predicted molar refractivity (Wildman–Crippen MR) is 87.7 cm³/mol. The third kappa shape index (κ3) is 4.00.